The highest BCUT2D eigenvalue weighted by Gasteiger charge is 2.26. The number of nitrogens with zero attached hydrogens (tertiary/aromatic N) is 2. The van der Waals surface area contributed by atoms with Crippen LogP contribution >= 0.6 is 0 Å². The van der Waals surface area contributed by atoms with Crippen molar-refractivity contribution < 1.29 is 4.74 Å². The van der Waals surface area contributed by atoms with Crippen molar-refractivity contribution in [2.75, 3.05) is 6.61 Å². The van der Waals surface area contributed by atoms with Gasteiger partial charge in [0.2, 0.25) is 0 Å². The summed E-state index contributed by atoms with van der Waals surface area (Å²) in [5.74, 6) is 0. The maximum Gasteiger partial charge on any atom is 0.0951 e. The zero-order chi connectivity index (χ0) is 13.7. The van der Waals surface area contributed by atoms with E-state index >= 15 is 0 Å². The monoisotopic (exact) mass is 265 g/mol. The maximum absolute atomic E-state index is 6.45. The smallest absolute Gasteiger partial charge is 0.0951 e. The summed E-state index contributed by atoms with van der Waals surface area (Å²) in [6.07, 6.45) is 11.1. The van der Waals surface area contributed by atoms with Gasteiger partial charge >= 0.3 is 0 Å². The summed E-state index contributed by atoms with van der Waals surface area (Å²) in [5, 5.41) is 0. The van der Waals surface area contributed by atoms with E-state index in [0.717, 1.165) is 18.5 Å². The van der Waals surface area contributed by atoms with Gasteiger partial charge in [-0.15, -0.1) is 0 Å². The van der Waals surface area contributed by atoms with Crippen molar-refractivity contribution in [3.63, 3.8) is 0 Å². The molecule has 0 bridgehead atoms. The second kappa shape index (κ2) is 6.53. The Balaban J connectivity index is 1.83. The van der Waals surface area contributed by atoms with Crippen LogP contribution in [-0.4, -0.2) is 21.7 Å². The molecular formula is C15H27N3O. The third-order valence-electron chi connectivity index (χ3n) is 4.04. The van der Waals surface area contributed by atoms with Gasteiger partial charge in [-0.05, 0) is 26.7 Å². The Morgan fingerprint density at radius 3 is 2.63 bits per heavy atom. The largest absolute Gasteiger partial charge is 0.373 e. The molecule has 108 valence electrons. The lowest BCUT2D eigenvalue weighted by Crippen LogP contribution is -2.44. The third kappa shape index (κ3) is 4.05. The average molecular weight is 265 g/mol. The van der Waals surface area contributed by atoms with Crippen molar-refractivity contribution in [1.29, 1.82) is 0 Å². The summed E-state index contributed by atoms with van der Waals surface area (Å²) in [5.41, 5.74) is 7.47. The molecule has 0 aliphatic heterocycles. The minimum absolute atomic E-state index is 0.112. The number of hydrogen-bond donors (Lipinski definition) is 1. The van der Waals surface area contributed by atoms with E-state index in [1.807, 2.05) is 12.5 Å². The molecule has 0 atom stereocenters. The Labute approximate surface area is 116 Å². The zero-order valence-corrected chi connectivity index (χ0v) is 12.3. The molecule has 0 radical (unpaired) electrons. The fourth-order valence-corrected chi connectivity index (χ4v) is 2.84. The molecule has 1 aliphatic carbocycles. The molecule has 1 heterocycles. The quantitative estimate of drug-likeness (QED) is 0.833. The summed E-state index contributed by atoms with van der Waals surface area (Å²) >= 11 is 0. The maximum atomic E-state index is 6.45. The highest BCUT2D eigenvalue weighted by Crippen LogP contribution is 2.25. The molecule has 1 saturated carbocycles. The number of rotatable bonds is 5. The average Bonchev–Trinajstić information content (AvgIpc) is 2.72. The molecule has 19 heavy (non-hydrogen) atoms. The Bertz CT molecular complexity index is 378. The molecule has 0 spiro atoms. The van der Waals surface area contributed by atoms with E-state index < -0.39 is 0 Å². The van der Waals surface area contributed by atoms with Crippen molar-refractivity contribution in [3.05, 3.63) is 18.2 Å². The lowest BCUT2D eigenvalue weighted by Gasteiger charge is -2.27. The van der Waals surface area contributed by atoms with Gasteiger partial charge in [0.15, 0.2) is 0 Å². The van der Waals surface area contributed by atoms with Gasteiger partial charge in [0.1, 0.15) is 0 Å². The Morgan fingerprint density at radius 1 is 1.32 bits per heavy atom. The van der Waals surface area contributed by atoms with Crippen molar-refractivity contribution in [3.8, 4) is 0 Å². The lowest BCUT2D eigenvalue weighted by molar-refractivity contribution is 0.0629. The summed E-state index contributed by atoms with van der Waals surface area (Å²) < 4.78 is 8.03. The summed E-state index contributed by atoms with van der Waals surface area (Å²) in [6.45, 7) is 5.58. The van der Waals surface area contributed by atoms with Gasteiger partial charge in [-0.2, -0.15) is 0 Å². The van der Waals surface area contributed by atoms with Gasteiger partial charge in [0.05, 0.1) is 31.4 Å². The first-order valence-corrected chi connectivity index (χ1v) is 7.48. The van der Waals surface area contributed by atoms with E-state index in [1.165, 1.54) is 25.7 Å². The summed E-state index contributed by atoms with van der Waals surface area (Å²) in [7, 11) is 0. The second-order valence-corrected chi connectivity index (χ2v) is 6.16. The first-order chi connectivity index (χ1) is 9.11. The number of ether oxygens (including phenoxy) is 1. The fourth-order valence-electron chi connectivity index (χ4n) is 2.84. The first-order valence-electron chi connectivity index (χ1n) is 7.48. The Kier molecular flexibility index (Phi) is 4.99. The molecule has 2 N–H and O–H groups in total. The number of imidazole rings is 1. The molecule has 0 aromatic carbocycles. The van der Waals surface area contributed by atoms with Crippen LogP contribution < -0.4 is 5.73 Å². The molecular weight excluding hydrogens is 238 g/mol. The fraction of sp³-hybridized carbons (Fsp3) is 0.800. The Hall–Kier alpha value is -0.870. The highest BCUT2D eigenvalue weighted by molar-refractivity contribution is 4.98. The molecule has 0 unspecified atom stereocenters. The van der Waals surface area contributed by atoms with Crippen LogP contribution in [0.2, 0.25) is 0 Å². The SMILES string of the molecule is CC(C)n1cncc1COCC1(N)CCCCCC1. The van der Waals surface area contributed by atoms with Gasteiger partial charge in [-0.1, -0.05) is 25.7 Å². The topological polar surface area (TPSA) is 53.1 Å². The van der Waals surface area contributed by atoms with E-state index in [1.54, 1.807) is 0 Å². The molecule has 1 aromatic heterocycles. The predicted molar refractivity (Wildman–Crippen MR) is 76.9 cm³/mol. The molecule has 0 saturated heterocycles. The van der Waals surface area contributed by atoms with Gasteiger partial charge in [0.25, 0.3) is 0 Å². The molecule has 4 nitrogen and oxygen atoms in total. The van der Waals surface area contributed by atoms with Crippen LogP contribution in [-0.2, 0) is 11.3 Å². The standard InChI is InChI=1S/C15H27N3O/c1-13(2)18-12-17-9-14(18)10-19-11-15(16)7-5-3-4-6-8-15/h9,12-13H,3-8,10-11,16H2,1-2H3. The molecule has 2 rings (SSSR count). The van der Waals surface area contributed by atoms with Gasteiger partial charge < -0.3 is 15.0 Å². The van der Waals surface area contributed by atoms with E-state index in [0.29, 0.717) is 19.3 Å². The van der Waals surface area contributed by atoms with Crippen LogP contribution in [0, 0.1) is 0 Å². The summed E-state index contributed by atoms with van der Waals surface area (Å²) in [4.78, 5) is 4.19. The van der Waals surface area contributed by atoms with Crippen molar-refractivity contribution >= 4 is 0 Å². The van der Waals surface area contributed by atoms with Crippen LogP contribution in [0.5, 0.6) is 0 Å². The van der Waals surface area contributed by atoms with E-state index in [-0.39, 0.29) is 5.54 Å². The Morgan fingerprint density at radius 2 is 2.00 bits per heavy atom. The number of hydrogen-bond acceptors (Lipinski definition) is 3. The van der Waals surface area contributed by atoms with Crippen molar-refractivity contribution in [2.24, 2.45) is 5.73 Å². The van der Waals surface area contributed by atoms with Crippen molar-refractivity contribution in [2.45, 2.75) is 70.6 Å². The minimum atomic E-state index is -0.112. The summed E-state index contributed by atoms with van der Waals surface area (Å²) in [6, 6.07) is 0.422. The third-order valence-corrected chi connectivity index (χ3v) is 4.04. The van der Waals surface area contributed by atoms with Crippen LogP contribution in [0.1, 0.15) is 64.1 Å². The minimum Gasteiger partial charge on any atom is -0.373 e. The van der Waals surface area contributed by atoms with E-state index in [9.17, 15) is 0 Å². The van der Waals surface area contributed by atoms with Crippen molar-refractivity contribution in [1.82, 2.24) is 9.55 Å². The van der Waals surface area contributed by atoms with Gasteiger partial charge in [0, 0.05) is 11.6 Å². The lowest BCUT2D eigenvalue weighted by atomic mass is 9.93. The number of nitrogens with two attached hydrogens (primary N) is 1. The van der Waals surface area contributed by atoms with E-state index in [4.69, 9.17) is 10.5 Å². The first kappa shape index (κ1) is 14.5. The van der Waals surface area contributed by atoms with Crippen LogP contribution in [0.4, 0.5) is 0 Å². The molecule has 0 amide bonds. The molecule has 1 aliphatic rings. The molecule has 4 heteroatoms. The predicted octanol–water partition coefficient (Wildman–Crippen LogP) is 3.03. The number of aromatic nitrogens is 2. The zero-order valence-electron chi connectivity index (χ0n) is 12.3. The van der Waals surface area contributed by atoms with Crippen LogP contribution in [0.25, 0.3) is 0 Å². The van der Waals surface area contributed by atoms with Gasteiger partial charge in [-0.25, -0.2) is 4.98 Å². The van der Waals surface area contributed by atoms with Crippen LogP contribution in [0.15, 0.2) is 12.5 Å². The molecule has 1 fully saturated rings. The molecule has 1 aromatic rings. The second-order valence-electron chi connectivity index (χ2n) is 6.16. The van der Waals surface area contributed by atoms with Crippen LogP contribution in [0.3, 0.4) is 0 Å². The highest BCUT2D eigenvalue weighted by atomic mass is 16.5. The van der Waals surface area contributed by atoms with E-state index in [2.05, 4.69) is 23.4 Å². The normalized spacial score (nSPS) is 19.6. The van der Waals surface area contributed by atoms with Gasteiger partial charge in [-0.3, -0.25) is 0 Å².